The fourth-order valence-electron chi connectivity index (χ4n) is 2.00. The molecule has 0 aromatic heterocycles. The number of carbonyl (C=O) groups excluding carboxylic acids is 1. The molecule has 0 fully saturated rings. The van der Waals surface area contributed by atoms with Gasteiger partial charge in [0.05, 0.1) is 0 Å². The monoisotopic (exact) mass is 242 g/mol. The zero-order valence-electron chi connectivity index (χ0n) is 12.3. The standard InChI is InChI=1S/C14H30N2O/c1-10(2)12(11(3)4)9-16-13(17)7-8-14(5,6)15/h10-12H,7-9,15H2,1-6H3,(H,16,17). The molecule has 0 aromatic carbocycles. The molecule has 0 aromatic rings. The summed E-state index contributed by atoms with van der Waals surface area (Å²) in [6, 6.07) is 0. The van der Waals surface area contributed by atoms with Crippen LogP contribution < -0.4 is 11.1 Å². The summed E-state index contributed by atoms with van der Waals surface area (Å²) in [7, 11) is 0. The molecule has 0 heterocycles. The van der Waals surface area contributed by atoms with E-state index in [1.54, 1.807) is 0 Å². The van der Waals surface area contributed by atoms with Crippen molar-refractivity contribution in [1.82, 2.24) is 5.32 Å². The molecule has 0 rings (SSSR count). The molecule has 0 saturated heterocycles. The second kappa shape index (κ2) is 7.00. The Morgan fingerprint density at radius 2 is 1.65 bits per heavy atom. The summed E-state index contributed by atoms with van der Waals surface area (Å²) in [5, 5.41) is 3.02. The Bertz CT molecular complexity index is 221. The lowest BCUT2D eigenvalue weighted by Crippen LogP contribution is -2.37. The first-order valence-corrected chi connectivity index (χ1v) is 6.69. The molecule has 0 unspecified atom stereocenters. The third-order valence-electron chi connectivity index (χ3n) is 3.24. The summed E-state index contributed by atoms with van der Waals surface area (Å²) in [5.41, 5.74) is 5.60. The van der Waals surface area contributed by atoms with E-state index in [-0.39, 0.29) is 11.4 Å². The molecule has 0 bridgehead atoms. The molecule has 0 aliphatic heterocycles. The first kappa shape index (κ1) is 16.4. The van der Waals surface area contributed by atoms with E-state index in [2.05, 4.69) is 33.0 Å². The number of nitrogens with one attached hydrogen (secondary N) is 1. The van der Waals surface area contributed by atoms with Gasteiger partial charge < -0.3 is 11.1 Å². The number of amides is 1. The number of rotatable bonds is 7. The highest BCUT2D eigenvalue weighted by atomic mass is 16.1. The van der Waals surface area contributed by atoms with Crippen LogP contribution in [0.2, 0.25) is 0 Å². The Morgan fingerprint density at radius 1 is 1.18 bits per heavy atom. The van der Waals surface area contributed by atoms with Crippen LogP contribution in [-0.2, 0) is 4.79 Å². The van der Waals surface area contributed by atoms with E-state index in [9.17, 15) is 4.79 Å². The van der Waals surface area contributed by atoms with Crippen molar-refractivity contribution in [2.45, 2.75) is 59.9 Å². The molecular formula is C14H30N2O. The molecular weight excluding hydrogens is 212 g/mol. The molecule has 3 nitrogen and oxygen atoms in total. The van der Waals surface area contributed by atoms with E-state index in [0.29, 0.717) is 24.2 Å². The summed E-state index contributed by atoms with van der Waals surface area (Å²) in [4.78, 5) is 11.7. The van der Waals surface area contributed by atoms with Crippen LogP contribution in [0, 0.1) is 17.8 Å². The number of carbonyl (C=O) groups is 1. The SMILES string of the molecule is CC(C)C(CNC(=O)CCC(C)(C)N)C(C)C. The summed E-state index contributed by atoms with van der Waals surface area (Å²) in [5.74, 6) is 1.86. The quantitative estimate of drug-likeness (QED) is 0.721. The maximum absolute atomic E-state index is 11.7. The van der Waals surface area contributed by atoms with Crippen LogP contribution >= 0.6 is 0 Å². The van der Waals surface area contributed by atoms with E-state index in [1.807, 2.05) is 13.8 Å². The molecule has 3 heteroatoms. The van der Waals surface area contributed by atoms with Gasteiger partial charge in [-0.25, -0.2) is 0 Å². The average molecular weight is 242 g/mol. The van der Waals surface area contributed by atoms with E-state index < -0.39 is 0 Å². The van der Waals surface area contributed by atoms with Gasteiger partial charge in [0.25, 0.3) is 0 Å². The van der Waals surface area contributed by atoms with Crippen molar-refractivity contribution in [3.05, 3.63) is 0 Å². The van der Waals surface area contributed by atoms with Gasteiger partial charge in [-0.15, -0.1) is 0 Å². The van der Waals surface area contributed by atoms with Crippen LogP contribution in [0.25, 0.3) is 0 Å². The lowest BCUT2D eigenvalue weighted by Gasteiger charge is -2.25. The average Bonchev–Trinajstić information content (AvgIpc) is 2.12. The van der Waals surface area contributed by atoms with Gasteiger partial charge in [-0.1, -0.05) is 27.7 Å². The van der Waals surface area contributed by atoms with Crippen molar-refractivity contribution in [1.29, 1.82) is 0 Å². The van der Waals surface area contributed by atoms with Crippen LogP contribution in [-0.4, -0.2) is 18.0 Å². The fraction of sp³-hybridized carbons (Fsp3) is 0.929. The van der Waals surface area contributed by atoms with E-state index >= 15 is 0 Å². The molecule has 3 N–H and O–H groups in total. The lowest BCUT2D eigenvalue weighted by atomic mass is 9.85. The maximum atomic E-state index is 11.7. The third-order valence-corrected chi connectivity index (χ3v) is 3.24. The minimum Gasteiger partial charge on any atom is -0.356 e. The van der Waals surface area contributed by atoms with Gasteiger partial charge in [0.15, 0.2) is 0 Å². The van der Waals surface area contributed by atoms with Crippen LogP contribution in [0.4, 0.5) is 0 Å². The van der Waals surface area contributed by atoms with Crippen LogP contribution in [0.5, 0.6) is 0 Å². The smallest absolute Gasteiger partial charge is 0.220 e. The predicted molar refractivity (Wildman–Crippen MR) is 73.7 cm³/mol. The van der Waals surface area contributed by atoms with Gasteiger partial charge in [-0.05, 0) is 38.0 Å². The van der Waals surface area contributed by atoms with Crippen LogP contribution in [0.15, 0.2) is 0 Å². The minimum atomic E-state index is -0.257. The zero-order valence-corrected chi connectivity index (χ0v) is 12.3. The Balaban J connectivity index is 3.97. The van der Waals surface area contributed by atoms with Crippen molar-refractivity contribution in [2.24, 2.45) is 23.5 Å². The van der Waals surface area contributed by atoms with Gasteiger partial charge in [0.2, 0.25) is 5.91 Å². The predicted octanol–water partition coefficient (Wildman–Crippen LogP) is 2.55. The van der Waals surface area contributed by atoms with Crippen LogP contribution in [0.1, 0.15) is 54.4 Å². The highest BCUT2D eigenvalue weighted by Crippen LogP contribution is 2.19. The number of nitrogens with two attached hydrogens (primary N) is 1. The van der Waals surface area contributed by atoms with Crippen molar-refractivity contribution < 1.29 is 4.79 Å². The van der Waals surface area contributed by atoms with Crippen molar-refractivity contribution in [3.63, 3.8) is 0 Å². The van der Waals surface area contributed by atoms with Gasteiger partial charge in [0, 0.05) is 18.5 Å². The molecule has 1 amide bonds. The van der Waals surface area contributed by atoms with Crippen molar-refractivity contribution in [3.8, 4) is 0 Å². The van der Waals surface area contributed by atoms with Gasteiger partial charge >= 0.3 is 0 Å². The summed E-state index contributed by atoms with van der Waals surface area (Å²) in [6.07, 6.45) is 1.25. The fourth-order valence-corrected chi connectivity index (χ4v) is 2.00. The first-order chi connectivity index (χ1) is 7.63. The van der Waals surface area contributed by atoms with Crippen molar-refractivity contribution in [2.75, 3.05) is 6.54 Å². The van der Waals surface area contributed by atoms with E-state index in [4.69, 9.17) is 5.73 Å². The first-order valence-electron chi connectivity index (χ1n) is 6.69. The summed E-state index contributed by atoms with van der Waals surface area (Å²) in [6.45, 7) is 13.5. The molecule has 0 atom stereocenters. The molecule has 17 heavy (non-hydrogen) atoms. The Hall–Kier alpha value is -0.570. The molecule has 0 saturated carbocycles. The number of hydrogen-bond donors (Lipinski definition) is 2. The molecule has 0 aliphatic carbocycles. The topological polar surface area (TPSA) is 55.1 Å². The Morgan fingerprint density at radius 3 is 2.00 bits per heavy atom. The highest BCUT2D eigenvalue weighted by molar-refractivity contribution is 5.75. The second-order valence-corrected chi connectivity index (χ2v) is 6.44. The van der Waals surface area contributed by atoms with Crippen LogP contribution in [0.3, 0.4) is 0 Å². The maximum Gasteiger partial charge on any atom is 0.220 e. The molecule has 102 valence electrons. The van der Waals surface area contributed by atoms with Crippen molar-refractivity contribution >= 4 is 5.91 Å². The highest BCUT2D eigenvalue weighted by Gasteiger charge is 2.19. The lowest BCUT2D eigenvalue weighted by molar-refractivity contribution is -0.121. The minimum absolute atomic E-state index is 0.120. The van der Waals surface area contributed by atoms with Gasteiger partial charge in [0.1, 0.15) is 0 Å². The molecule has 0 spiro atoms. The van der Waals surface area contributed by atoms with E-state index in [0.717, 1.165) is 13.0 Å². The van der Waals surface area contributed by atoms with Gasteiger partial charge in [-0.2, -0.15) is 0 Å². The molecule has 0 aliphatic rings. The zero-order chi connectivity index (χ0) is 13.6. The summed E-state index contributed by atoms with van der Waals surface area (Å²) >= 11 is 0. The summed E-state index contributed by atoms with van der Waals surface area (Å²) < 4.78 is 0. The molecule has 0 radical (unpaired) electrons. The Kier molecular flexibility index (Phi) is 6.76. The largest absolute Gasteiger partial charge is 0.356 e. The third kappa shape index (κ3) is 8.19. The van der Waals surface area contributed by atoms with E-state index in [1.165, 1.54) is 0 Å². The normalized spacial score (nSPS) is 12.6. The Labute approximate surface area is 107 Å². The number of hydrogen-bond acceptors (Lipinski definition) is 2. The second-order valence-electron chi connectivity index (χ2n) is 6.44. The van der Waals surface area contributed by atoms with Gasteiger partial charge in [-0.3, -0.25) is 4.79 Å².